The van der Waals surface area contributed by atoms with E-state index in [1.165, 1.54) is 0 Å². The molecule has 0 amide bonds. The summed E-state index contributed by atoms with van der Waals surface area (Å²) in [5, 5.41) is 25.9. The summed E-state index contributed by atoms with van der Waals surface area (Å²) in [6, 6.07) is 2.12. The lowest BCUT2D eigenvalue weighted by molar-refractivity contribution is -0.136. The second-order valence-corrected chi connectivity index (χ2v) is 5.05. The molecule has 0 saturated carbocycles. The van der Waals surface area contributed by atoms with Crippen LogP contribution < -0.4 is 0 Å². The molecule has 0 spiro atoms. The zero-order valence-corrected chi connectivity index (χ0v) is 11.4. The van der Waals surface area contributed by atoms with Gasteiger partial charge in [0, 0.05) is 0 Å². The van der Waals surface area contributed by atoms with Gasteiger partial charge in [0.2, 0.25) is 0 Å². The number of hydrogen-bond donors (Lipinski definition) is 1. The molecule has 0 aromatic carbocycles. The fourth-order valence-electron chi connectivity index (χ4n) is 1.57. The van der Waals surface area contributed by atoms with Gasteiger partial charge in [-0.1, -0.05) is 25.6 Å². The minimum absolute atomic E-state index is 0.404. The fraction of sp³-hybridized carbons (Fsp3) is 0.500. The summed E-state index contributed by atoms with van der Waals surface area (Å²) in [6.45, 7) is 5.47. The molecule has 1 rings (SSSR count). The van der Waals surface area contributed by atoms with E-state index < -0.39 is 11.2 Å². The Labute approximate surface area is 110 Å². The topological polar surface area (TPSA) is 86.9 Å². The average molecular weight is 265 g/mol. The lowest BCUT2D eigenvalue weighted by Gasteiger charge is -2.11. The van der Waals surface area contributed by atoms with Crippen LogP contribution in [0.25, 0.3) is 0 Å². The molecule has 0 aliphatic rings. The van der Waals surface area contributed by atoms with Gasteiger partial charge >= 0.3 is 5.97 Å². The van der Waals surface area contributed by atoms with Crippen LogP contribution in [0.4, 0.5) is 0 Å². The van der Waals surface area contributed by atoms with Crippen molar-refractivity contribution < 1.29 is 9.90 Å². The molecule has 1 heterocycles. The minimum atomic E-state index is -0.927. The van der Waals surface area contributed by atoms with Crippen molar-refractivity contribution in [2.45, 2.75) is 43.9 Å². The van der Waals surface area contributed by atoms with Gasteiger partial charge in [-0.05, 0) is 25.3 Å². The molecule has 6 heteroatoms. The smallest absolute Gasteiger partial charge is 0.316 e. The highest BCUT2D eigenvalue weighted by Gasteiger charge is 2.20. The van der Waals surface area contributed by atoms with E-state index >= 15 is 0 Å². The van der Waals surface area contributed by atoms with Gasteiger partial charge in [0.1, 0.15) is 16.3 Å². The minimum Gasteiger partial charge on any atom is -0.480 e. The first-order chi connectivity index (χ1) is 8.54. The Hall–Kier alpha value is -1.61. The number of nitriles is 1. The second-order valence-electron chi connectivity index (χ2n) is 3.72. The molecule has 96 valence electrons. The average Bonchev–Trinajstić information content (AvgIpc) is 2.37. The molecule has 0 bridgehead atoms. The number of aromatic nitrogens is 2. The van der Waals surface area contributed by atoms with E-state index in [1.807, 2.05) is 13.8 Å². The summed E-state index contributed by atoms with van der Waals surface area (Å²) in [7, 11) is 0. The molecular formula is C12H15N3O2S. The molecule has 1 atom stereocenters. The summed E-state index contributed by atoms with van der Waals surface area (Å²) in [4.78, 5) is 10.8. The van der Waals surface area contributed by atoms with Gasteiger partial charge in [-0.2, -0.15) is 10.4 Å². The van der Waals surface area contributed by atoms with Gasteiger partial charge in [0.05, 0.1) is 11.3 Å². The highest BCUT2D eigenvalue weighted by Crippen LogP contribution is 2.27. The highest BCUT2D eigenvalue weighted by atomic mass is 32.2. The van der Waals surface area contributed by atoms with Crippen molar-refractivity contribution >= 4 is 17.7 Å². The van der Waals surface area contributed by atoms with Crippen LogP contribution in [0.15, 0.2) is 5.03 Å². The Kier molecular flexibility index (Phi) is 5.10. The van der Waals surface area contributed by atoms with E-state index in [1.54, 1.807) is 6.92 Å². The lowest BCUT2D eigenvalue weighted by Crippen LogP contribution is -2.13. The lowest BCUT2D eigenvalue weighted by atomic mass is 10.1. The zero-order chi connectivity index (χ0) is 13.7. The van der Waals surface area contributed by atoms with Crippen molar-refractivity contribution in [3.05, 3.63) is 16.8 Å². The molecule has 0 saturated heterocycles. The fourth-order valence-corrected chi connectivity index (χ4v) is 2.38. The van der Waals surface area contributed by atoms with Crippen molar-refractivity contribution in [3.63, 3.8) is 0 Å². The van der Waals surface area contributed by atoms with Gasteiger partial charge in [0.25, 0.3) is 0 Å². The molecule has 0 fully saturated rings. The summed E-state index contributed by atoms with van der Waals surface area (Å²) in [5.41, 5.74) is 2.14. The van der Waals surface area contributed by atoms with E-state index in [4.69, 9.17) is 5.11 Å². The molecule has 1 aromatic rings. The SMILES string of the molecule is CCc1nnc(SC(C)C(=O)O)c(C#N)c1CC. The molecular weight excluding hydrogens is 250 g/mol. The summed E-state index contributed by atoms with van der Waals surface area (Å²) in [6.07, 6.45) is 1.40. The molecule has 1 unspecified atom stereocenters. The summed E-state index contributed by atoms with van der Waals surface area (Å²) < 4.78 is 0. The summed E-state index contributed by atoms with van der Waals surface area (Å²) >= 11 is 1.06. The second kappa shape index (κ2) is 6.36. The Balaban J connectivity index is 3.22. The number of nitrogens with zero attached hydrogens (tertiary/aromatic N) is 3. The van der Waals surface area contributed by atoms with Crippen LogP contribution in [0.1, 0.15) is 37.6 Å². The van der Waals surface area contributed by atoms with Gasteiger partial charge in [-0.25, -0.2) is 0 Å². The summed E-state index contributed by atoms with van der Waals surface area (Å²) in [5.74, 6) is -0.927. The Morgan fingerprint density at radius 2 is 2.11 bits per heavy atom. The molecule has 0 aliphatic heterocycles. The standard InChI is InChI=1S/C12H15N3O2S/c1-4-8-9(6-13)11(15-14-10(8)5-2)18-7(3)12(16)17/h7H,4-5H2,1-3H3,(H,16,17). The van der Waals surface area contributed by atoms with Crippen molar-refractivity contribution in [2.24, 2.45) is 0 Å². The maximum atomic E-state index is 10.8. The Bertz CT molecular complexity index is 497. The number of carbonyl (C=O) groups is 1. The first-order valence-electron chi connectivity index (χ1n) is 5.73. The molecule has 0 radical (unpaired) electrons. The number of carboxylic acid groups (broad SMARTS) is 1. The van der Waals surface area contributed by atoms with Gasteiger partial charge in [-0.15, -0.1) is 5.10 Å². The first-order valence-corrected chi connectivity index (χ1v) is 6.61. The molecule has 5 nitrogen and oxygen atoms in total. The maximum Gasteiger partial charge on any atom is 0.316 e. The number of rotatable bonds is 5. The largest absolute Gasteiger partial charge is 0.480 e. The highest BCUT2D eigenvalue weighted by molar-refractivity contribution is 8.00. The molecule has 18 heavy (non-hydrogen) atoms. The predicted octanol–water partition coefficient (Wildman–Crippen LogP) is 2.04. The van der Waals surface area contributed by atoms with Crippen LogP contribution in [0, 0.1) is 11.3 Å². The first kappa shape index (κ1) is 14.5. The Morgan fingerprint density at radius 1 is 1.44 bits per heavy atom. The third-order valence-corrected chi connectivity index (χ3v) is 3.63. The quantitative estimate of drug-likeness (QED) is 0.820. The van der Waals surface area contributed by atoms with E-state index in [9.17, 15) is 10.1 Å². The maximum absolute atomic E-state index is 10.8. The van der Waals surface area contributed by atoms with Crippen molar-refractivity contribution in [1.29, 1.82) is 5.26 Å². The van der Waals surface area contributed by atoms with E-state index in [-0.39, 0.29) is 0 Å². The monoisotopic (exact) mass is 265 g/mol. The third-order valence-electron chi connectivity index (χ3n) is 2.56. The van der Waals surface area contributed by atoms with Gasteiger partial charge in [0.15, 0.2) is 0 Å². The van der Waals surface area contributed by atoms with E-state index in [2.05, 4.69) is 16.3 Å². The van der Waals surface area contributed by atoms with Crippen LogP contribution in [-0.2, 0) is 17.6 Å². The van der Waals surface area contributed by atoms with E-state index in [0.29, 0.717) is 23.4 Å². The van der Waals surface area contributed by atoms with Crippen LogP contribution in [0.3, 0.4) is 0 Å². The van der Waals surface area contributed by atoms with E-state index in [0.717, 1.165) is 23.0 Å². The number of aryl methyl sites for hydroxylation is 1. The van der Waals surface area contributed by atoms with Crippen LogP contribution >= 0.6 is 11.8 Å². The molecule has 1 N–H and O–H groups in total. The predicted molar refractivity (Wildman–Crippen MR) is 68.5 cm³/mol. The van der Waals surface area contributed by atoms with Crippen LogP contribution in [0.2, 0.25) is 0 Å². The van der Waals surface area contributed by atoms with Crippen molar-refractivity contribution in [3.8, 4) is 6.07 Å². The Morgan fingerprint density at radius 3 is 2.56 bits per heavy atom. The third kappa shape index (κ3) is 2.99. The van der Waals surface area contributed by atoms with Crippen LogP contribution in [0.5, 0.6) is 0 Å². The molecule has 0 aliphatic carbocycles. The normalized spacial score (nSPS) is 11.9. The van der Waals surface area contributed by atoms with Crippen molar-refractivity contribution in [2.75, 3.05) is 0 Å². The number of aliphatic carboxylic acids is 1. The number of hydrogen-bond acceptors (Lipinski definition) is 5. The number of thioether (sulfide) groups is 1. The van der Waals surface area contributed by atoms with Gasteiger partial charge < -0.3 is 5.11 Å². The zero-order valence-electron chi connectivity index (χ0n) is 10.6. The molecule has 1 aromatic heterocycles. The number of carboxylic acids is 1. The van der Waals surface area contributed by atoms with Crippen LogP contribution in [-0.4, -0.2) is 26.5 Å². The van der Waals surface area contributed by atoms with Crippen molar-refractivity contribution in [1.82, 2.24) is 10.2 Å². The van der Waals surface area contributed by atoms with Gasteiger partial charge in [-0.3, -0.25) is 4.79 Å².